The third kappa shape index (κ3) is 6.17. The van der Waals surface area contributed by atoms with Crippen LogP contribution in [0.5, 0.6) is 0 Å². The van der Waals surface area contributed by atoms with Gasteiger partial charge < -0.3 is 4.57 Å². The first-order chi connectivity index (χ1) is 31.2. The molecule has 308 valence electrons. The fourth-order valence-electron chi connectivity index (χ4n) is 10.3. The van der Waals surface area contributed by atoms with Crippen LogP contribution in [-0.4, -0.2) is 24.1 Å². The van der Waals surface area contributed by atoms with Gasteiger partial charge in [-0.3, -0.25) is 4.57 Å². The predicted octanol–water partition coefficient (Wildman–Crippen LogP) is 15.1. The Morgan fingerprint density at radius 3 is 1.50 bits per heavy atom. The molecule has 8 aromatic carbocycles. The summed E-state index contributed by atoms with van der Waals surface area (Å²) in [6.45, 7) is 9.60. The van der Waals surface area contributed by atoms with E-state index >= 15 is 0 Å². The molecule has 0 radical (unpaired) electrons. The maximum Gasteiger partial charge on any atom is 0.238 e. The van der Waals surface area contributed by atoms with Crippen LogP contribution in [0.25, 0.3) is 100 Å². The number of hydrogen-bond donors (Lipinski definition) is 0. The van der Waals surface area contributed by atoms with Crippen LogP contribution in [0.2, 0.25) is 0 Å². The number of hydrogen-bond acceptors (Lipinski definition) is 3. The van der Waals surface area contributed by atoms with Gasteiger partial charge in [-0.2, -0.15) is 9.97 Å². The van der Waals surface area contributed by atoms with Crippen LogP contribution in [0.3, 0.4) is 0 Å². The number of rotatable bonds is 6. The summed E-state index contributed by atoms with van der Waals surface area (Å²) < 4.78 is 4.67. The Hall–Kier alpha value is -7.63. The summed E-state index contributed by atoms with van der Waals surface area (Å²) in [6.07, 6.45) is 2.39. The Kier molecular flexibility index (Phi) is 8.61. The Balaban J connectivity index is 1.07. The highest BCUT2D eigenvalue weighted by Crippen LogP contribution is 2.47. The second kappa shape index (κ2) is 14.5. The highest BCUT2D eigenvalue weighted by atomic mass is 15.2. The molecule has 64 heavy (non-hydrogen) atoms. The molecular formula is C59H47N5. The van der Waals surface area contributed by atoms with Crippen LogP contribution < -0.4 is 0 Å². The zero-order valence-corrected chi connectivity index (χ0v) is 36.5. The maximum absolute atomic E-state index is 5.31. The van der Waals surface area contributed by atoms with Crippen LogP contribution >= 0.6 is 0 Å². The van der Waals surface area contributed by atoms with Gasteiger partial charge in [-0.25, -0.2) is 4.98 Å². The second-order valence-electron chi connectivity index (χ2n) is 18.8. The van der Waals surface area contributed by atoms with Gasteiger partial charge in [-0.15, -0.1) is 0 Å². The third-order valence-corrected chi connectivity index (χ3v) is 13.9. The van der Waals surface area contributed by atoms with Gasteiger partial charge >= 0.3 is 0 Å². The van der Waals surface area contributed by atoms with Gasteiger partial charge in [-0.1, -0.05) is 179 Å². The first-order valence-electron chi connectivity index (χ1n) is 22.4. The molecule has 0 atom stereocenters. The predicted molar refractivity (Wildman–Crippen MR) is 266 cm³/mol. The molecule has 0 N–H and O–H groups in total. The summed E-state index contributed by atoms with van der Waals surface area (Å²) in [6, 6.07) is 67.6. The fraction of sp³-hybridized carbons (Fsp3) is 0.136. The van der Waals surface area contributed by atoms with Gasteiger partial charge in [0.25, 0.3) is 0 Å². The van der Waals surface area contributed by atoms with Crippen molar-refractivity contribution in [2.45, 2.75) is 51.4 Å². The monoisotopic (exact) mass is 825 g/mol. The zero-order valence-electron chi connectivity index (χ0n) is 36.5. The SMILES string of the molecule is CC1(C)CCC(C)(C)c2cc(-c3cccc(-n4c5ccccc5c5cc6c7ccccc7n(-c7nc(-c8ccccc8)nc(-c8ccc(-c9ccccc9)cc8)n7)c6cc54)c3)ccc21. The van der Waals surface area contributed by atoms with E-state index in [-0.39, 0.29) is 10.8 Å². The lowest BCUT2D eigenvalue weighted by Crippen LogP contribution is -2.33. The summed E-state index contributed by atoms with van der Waals surface area (Å²) in [5.41, 5.74) is 15.4. The minimum Gasteiger partial charge on any atom is -0.309 e. The number of para-hydroxylation sites is 2. The number of aromatic nitrogens is 5. The molecule has 0 amide bonds. The van der Waals surface area contributed by atoms with Crippen LogP contribution in [-0.2, 0) is 10.8 Å². The summed E-state index contributed by atoms with van der Waals surface area (Å²) >= 11 is 0. The van der Waals surface area contributed by atoms with E-state index in [0.717, 1.165) is 49.7 Å². The van der Waals surface area contributed by atoms with Gasteiger partial charge in [0.2, 0.25) is 5.95 Å². The molecule has 0 aliphatic heterocycles. The molecule has 5 heteroatoms. The van der Waals surface area contributed by atoms with Gasteiger partial charge in [0, 0.05) is 38.4 Å². The molecule has 11 aromatic rings. The van der Waals surface area contributed by atoms with Crippen LogP contribution in [0, 0.1) is 0 Å². The van der Waals surface area contributed by atoms with Crippen molar-refractivity contribution in [2.24, 2.45) is 0 Å². The summed E-state index contributed by atoms with van der Waals surface area (Å²) in [7, 11) is 0. The highest BCUT2D eigenvalue weighted by molar-refractivity contribution is 6.19. The Labute approximate surface area is 373 Å². The van der Waals surface area contributed by atoms with E-state index in [4.69, 9.17) is 15.0 Å². The molecule has 3 heterocycles. The average molecular weight is 826 g/mol. The smallest absolute Gasteiger partial charge is 0.238 e. The quantitative estimate of drug-likeness (QED) is 0.168. The molecule has 3 aromatic heterocycles. The standard InChI is InChI=1S/C59H47N5/c1-58(2)32-33-59(3,4)50-35-43(30-31-49(50)58)42-20-15-21-44(34-42)63-51-24-13-11-22-45(51)47-36-48-46-23-12-14-25-52(46)64(54(48)37-53(47)63)57-61-55(40-18-9-6-10-19-40)60-56(62-57)41-28-26-39(27-29-41)38-16-7-5-8-17-38/h5-31,34-37H,32-33H2,1-4H3. The second-order valence-corrected chi connectivity index (χ2v) is 18.8. The lowest BCUT2D eigenvalue weighted by molar-refractivity contribution is 0.332. The Morgan fingerprint density at radius 2 is 0.828 bits per heavy atom. The van der Waals surface area contributed by atoms with Crippen molar-refractivity contribution < 1.29 is 0 Å². The Bertz CT molecular complexity index is 3590. The van der Waals surface area contributed by atoms with Crippen molar-refractivity contribution in [1.29, 1.82) is 0 Å². The topological polar surface area (TPSA) is 48.5 Å². The largest absolute Gasteiger partial charge is 0.309 e. The van der Waals surface area contributed by atoms with E-state index in [1.165, 1.54) is 56.9 Å². The zero-order chi connectivity index (χ0) is 43.2. The molecule has 5 nitrogen and oxygen atoms in total. The van der Waals surface area contributed by atoms with Crippen molar-refractivity contribution in [3.63, 3.8) is 0 Å². The number of fused-ring (bicyclic) bond motifs is 7. The van der Waals surface area contributed by atoms with E-state index in [0.29, 0.717) is 17.6 Å². The van der Waals surface area contributed by atoms with Crippen molar-refractivity contribution >= 4 is 43.6 Å². The molecule has 1 aliphatic carbocycles. The molecular weight excluding hydrogens is 779 g/mol. The number of nitrogens with zero attached hydrogens (tertiary/aromatic N) is 5. The van der Waals surface area contributed by atoms with E-state index in [1.807, 2.05) is 24.3 Å². The van der Waals surface area contributed by atoms with E-state index in [1.54, 1.807) is 0 Å². The molecule has 12 rings (SSSR count). The minimum absolute atomic E-state index is 0.128. The molecule has 0 saturated heterocycles. The molecule has 0 fully saturated rings. The summed E-state index contributed by atoms with van der Waals surface area (Å²) in [5, 5.41) is 4.71. The molecule has 0 bridgehead atoms. The first-order valence-corrected chi connectivity index (χ1v) is 22.4. The average Bonchev–Trinajstić information content (AvgIpc) is 3.84. The number of benzene rings is 8. The maximum atomic E-state index is 5.31. The van der Waals surface area contributed by atoms with Crippen LogP contribution in [0.15, 0.2) is 188 Å². The Morgan fingerprint density at radius 1 is 0.344 bits per heavy atom. The molecule has 0 unspecified atom stereocenters. The summed E-state index contributed by atoms with van der Waals surface area (Å²) in [5.74, 6) is 1.82. The van der Waals surface area contributed by atoms with Crippen molar-refractivity contribution in [3.05, 3.63) is 199 Å². The van der Waals surface area contributed by atoms with Gasteiger partial charge in [-0.05, 0) is 93.5 Å². The lowest BCUT2D eigenvalue weighted by atomic mass is 9.63. The molecule has 1 aliphatic rings. The van der Waals surface area contributed by atoms with Crippen molar-refractivity contribution in [3.8, 4) is 56.7 Å². The molecule has 0 saturated carbocycles. The van der Waals surface area contributed by atoms with Crippen LogP contribution in [0.4, 0.5) is 0 Å². The summed E-state index contributed by atoms with van der Waals surface area (Å²) in [4.78, 5) is 15.7. The van der Waals surface area contributed by atoms with Crippen molar-refractivity contribution in [2.75, 3.05) is 0 Å². The van der Waals surface area contributed by atoms with E-state index < -0.39 is 0 Å². The van der Waals surface area contributed by atoms with E-state index in [2.05, 4.69) is 201 Å². The van der Waals surface area contributed by atoms with Gasteiger partial charge in [0.05, 0.1) is 22.1 Å². The first kappa shape index (κ1) is 38.1. The normalized spacial score (nSPS) is 14.4. The van der Waals surface area contributed by atoms with Gasteiger partial charge in [0.15, 0.2) is 11.6 Å². The fourth-order valence-corrected chi connectivity index (χ4v) is 10.3. The third-order valence-electron chi connectivity index (χ3n) is 13.9. The lowest BCUT2D eigenvalue weighted by Gasteiger charge is -2.42. The highest BCUT2D eigenvalue weighted by Gasteiger charge is 2.37. The van der Waals surface area contributed by atoms with Gasteiger partial charge in [0.1, 0.15) is 0 Å². The minimum atomic E-state index is 0.128. The van der Waals surface area contributed by atoms with Crippen LogP contribution in [0.1, 0.15) is 51.7 Å². The molecule has 0 spiro atoms. The van der Waals surface area contributed by atoms with Crippen molar-refractivity contribution in [1.82, 2.24) is 24.1 Å². The van der Waals surface area contributed by atoms with E-state index in [9.17, 15) is 0 Å².